The highest BCUT2D eigenvalue weighted by Crippen LogP contribution is 2.22. The SMILES string of the molecule is C=CC(=O)N(CC(=O)N[C@@H](Cc1coc2ccccc12)B(O)O)c1ccccc1F. The fraction of sp³-hybridized carbons (Fsp3) is 0.143. The number of hydrogen-bond acceptors (Lipinski definition) is 5. The third kappa shape index (κ3) is 4.76. The summed E-state index contributed by atoms with van der Waals surface area (Å²) in [6.45, 7) is 2.85. The van der Waals surface area contributed by atoms with E-state index < -0.39 is 37.2 Å². The number of rotatable bonds is 8. The lowest BCUT2D eigenvalue weighted by molar-refractivity contribution is -0.122. The topological polar surface area (TPSA) is 103 Å². The number of fused-ring (bicyclic) bond motifs is 1. The highest BCUT2D eigenvalue weighted by Gasteiger charge is 2.28. The normalized spacial score (nSPS) is 11.7. The maximum Gasteiger partial charge on any atom is 0.475 e. The summed E-state index contributed by atoms with van der Waals surface area (Å²) in [4.78, 5) is 25.7. The molecule has 0 saturated heterocycles. The molecule has 0 aliphatic heterocycles. The van der Waals surface area contributed by atoms with Gasteiger partial charge in [0.25, 0.3) is 5.91 Å². The number of nitrogens with one attached hydrogen (secondary N) is 1. The molecule has 3 N–H and O–H groups in total. The molecule has 2 aromatic carbocycles. The molecule has 0 saturated carbocycles. The second-order valence-electron chi connectivity index (χ2n) is 6.63. The molecule has 0 aliphatic carbocycles. The zero-order valence-electron chi connectivity index (χ0n) is 16.0. The second kappa shape index (κ2) is 9.38. The van der Waals surface area contributed by atoms with Gasteiger partial charge in [0.2, 0.25) is 5.91 Å². The van der Waals surface area contributed by atoms with Crippen LogP contribution in [0.1, 0.15) is 5.56 Å². The minimum Gasteiger partial charge on any atom is -0.464 e. The number of carbonyl (C=O) groups excluding carboxylic acids is 2. The smallest absolute Gasteiger partial charge is 0.464 e. The molecule has 1 atom stereocenters. The molecule has 3 aromatic rings. The van der Waals surface area contributed by atoms with Crippen LogP contribution in [0.15, 0.2) is 71.9 Å². The number of furan rings is 1. The van der Waals surface area contributed by atoms with Crippen molar-refractivity contribution in [1.29, 1.82) is 0 Å². The van der Waals surface area contributed by atoms with Gasteiger partial charge in [0.1, 0.15) is 17.9 Å². The highest BCUT2D eigenvalue weighted by molar-refractivity contribution is 6.43. The van der Waals surface area contributed by atoms with E-state index in [-0.39, 0.29) is 12.1 Å². The van der Waals surface area contributed by atoms with Gasteiger partial charge in [-0.2, -0.15) is 0 Å². The molecule has 1 aromatic heterocycles. The summed E-state index contributed by atoms with van der Waals surface area (Å²) in [5, 5.41) is 22.7. The van der Waals surface area contributed by atoms with Crippen LogP contribution in [0.5, 0.6) is 0 Å². The van der Waals surface area contributed by atoms with E-state index in [2.05, 4.69) is 11.9 Å². The maximum absolute atomic E-state index is 14.1. The predicted octanol–water partition coefficient (Wildman–Crippen LogP) is 1.83. The first-order chi connectivity index (χ1) is 14.4. The number of halogens is 1. The Balaban J connectivity index is 1.76. The molecule has 0 unspecified atom stereocenters. The van der Waals surface area contributed by atoms with E-state index in [4.69, 9.17) is 4.42 Å². The maximum atomic E-state index is 14.1. The molecule has 0 aliphatic rings. The van der Waals surface area contributed by atoms with Crippen LogP contribution in [0.2, 0.25) is 0 Å². The van der Waals surface area contributed by atoms with Gasteiger partial charge < -0.3 is 19.8 Å². The van der Waals surface area contributed by atoms with Crippen molar-refractivity contribution in [2.24, 2.45) is 0 Å². The molecular weight excluding hydrogens is 390 g/mol. The van der Waals surface area contributed by atoms with Crippen LogP contribution in [0.4, 0.5) is 10.1 Å². The molecule has 0 spiro atoms. The van der Waals surface area contributed by atoms with Crippen molar-refractivity contribution in [2.75, 3.05) is 11.4 Å². The van der Waals surface area contributed by atoms with Crippen LogP contribution in [-0.4, -0.2) is 41.5 Å². The van der Waals surface area contributed by atoms with Crippen LogP contribution < -0.4 is 10.2 Å². The van der Waals surface area contributed by atoms with Crippen LogP contribution in [0.3, 0.4) is 0 Å². The van der Waals surface area contributed by atoms with E-state index in [0.717, 1.165) is 16.4 Å². The van der Waals surface area contributed by atoms with Crippen molar-refractivity contribution in [2.45, 2.75) is 12.4 Å². The van der Waals surface area contributed by atoms with Gasteiger partial charge in [-0.05, 0) is 36.3 Å². The van der Waals surface area contributed by atoms with Crippen LogP contribution >= 0.6 is 0 Å². The van der Waals surface area contributed by atoms with Crippen molar-refractivity contribution >= 4 is 35.6 Å². The Bertz CT molecular complexity index is 1070. The Morgan fingerprint density at radius 2 is 1.90 bits per heavy atom. The van der Waals surface area contributed by atoms with Crippen LogP contribution in [-0.2, 0) is 16.0 Å². The molecule has 7 nitrogen and oxygen atoms in total. The van der Waals surface area contributed by atoms with Crippen LogP contribution in [0.25, 0.3) is 11.0 Å². The lowest BCUT2D eigenvalue weighted by Crippen LogP contribution is -2.51. The Hall–Kier alpha value is -3.43. The van der Waals surface area contributed by atoms with E-state index in [9.17, 15) is 24.0 Å². The lowest BCUT2D eigenvalue weighted by atomic mass is 9.76. The number of nitrogens with zero attached hydrogens (tertiary/aromatic N) is 1. The largest absolute Gasteiger partial charge is 0.475 e. The molecule has 3 rings (SSSR count). The van der Waals surface area contributed by atoms with E-state index in [1.54, 1.807) is 6.07 Å². The van der Waals surface area contributed by atoms with Gasteiger partial charge in [0.05, 0.1) is 17.9 Å². The number of para-hydroxylation sites is 2. The molecule has 2 amide bonds. The predicted molar refractivity (Wildman–Crippen MR) is 111 cm³/mol. The van der Waals surface area contributed by atoms with Gasteiger partial charge in [-0.3, -0.25) is 14.5 Å². The summed E-state index contributed by atoms with van der Waals surface area (Å²) >= 11 is 0. The minimum absolute atomic E-state index is 0.0789. The molecule has 154 valence electrons. The van der Waals surface area contributed by atoms with Gasteiger partial charge in [-0.25, -0.2) is 4.39 Å². The number of hydrogen-bond donors (Lipinski definition) is 3. The summed E-state index contributed by atoms with van der Waals surface area (Å²) in [5.41, 5.74) is 1.23. The third-order valence-electron chi connectivity index (χ3n) is 4.59. The zero-order valence-corrected chi connectivity index (χ0v) is 16.0. The lowest BCUT2D eigenvalue weighted by Gasteiger charge is -2.23. The fourth-order valence-electron chi connectivity index (χ4n) is 3.12. The van der Waals surface area contributed by atoms with Gasteiger partial charge >= 0.3 is 7.12 Å². The van der Waals surface area contributed by atoms with Gasteiger partial charge in [-0.1, -0.05) is 36.9 Å². The average molecular weight is 410 g/mol. The minimum atomic E-state index is -1.86. The van der Waals surface area contributed by atoms with E-state index in [0.29, 0.717) is 11.1 Å². The number of amides is 2. The van der Waals surface area contributed by atoms with Crippen molar-refractivity contribution < 1.29 is 28.4 Å². The molecule has 0 fully saturated rings. The molecule has 9 heteroatoms. The molecule has 0 radical (unpaired) electrons. The van der Waals surface area contributed by atoms with Crippen LogP contribution in [0, 0.1) is 5.82 Å². The summed E-state index contributed by atoms with van der Waals surface area (Å²) in [6, 6.07) is 12.7. The van der Waals surface area contributed by atoms with Crippen molar-refractivity contribution in [3.63, 3.8) is 0 Å². The Morgan fingerprint density at radius 1 is 1.20 bits per heavy atom. The number of carbonyl (C=O) groups is 2. The number of anilines is 1. The quantitative estimate of drug-likeness (QED) is 0.389. The van der Waals surface area contributed by atoms with Gasteiger partial charge in [-0.15, -0.1) is 0 Å². The Labute approximate surface area is 172 Å². The van der Waals surface area contributed by atoms with Gasteiger partial charge in [0.15, 0.2) is 0 Å². The third-order valence-corrected chi connectivity index (χ3v) is 4.59. The highest BCUT2D eigenvalue weighted by atomic mass is 19.1. The molecule has 30 heavy (non-hydrogen) atoms. The zero-order chi connectivity index (χ0) is 21.7. The van der Waals surface area contributed by atoms with Crippen molar-refractivity contribution in [3.05, 3.63) is 78.8 Å². The summed E-state index contributed by atoms with van der Waals surface area (Å²) in [6.07, 6.45) is 2.53. The fourth-order valence-corrected chi connectivity index (χ4v) is 3.12. The summed E-state index contributed by atoms with van der Waals surface area (Å²) in [7, 11) is -1.86. The number of benzene rings is 2. The van der Waals surface area contributed by atoms with E-state index in [1.165, 1.54) is 30.5 Å². The average Bonchev–Trinajstić information content (AvgIpc) is 3.14. The molecule has 0 bridgehead atoms. The first-order valence-electron chi connectivity index (χ1n) is 9.19. The Morgan fingerprint density at radius 3 is 2.60 bits per heavy atom. The monoisotopic (exact) mass is 410 g/mol. The summed E-state index contributed by atoms with van der Waals surface area (Å²) < 4.78 is 19.6. The van der Waals surface area contributed by atoms with E-state index >= 15 is 0 Å². The summed E-state index contributed by atoms with van der Waals surface area (Å²) in [5.74, 6) is -3.11. The van der Waals surface area contributed by atoms with Gasteiger partial charge in [0, 0.05) is 5.39 Å². The van der Waals surface area contributed by atoms with Crippen molar-refractivity contribution in [1.82, 2.24) is 5.32 Å². The van der Waals surface area contributed by atoms with E-state index in [1.807, 2.05) is 18.2 Å². The van der Waals surface area contributed by atoms with Crippen molar-refractivity contribution in [3.8, 4) is 0 Å². The first kappa shape index (κ1) is 21.3. The first-order valence-corrected chi connectivity index (χ1v) is 9.19. The second-order valence-corrected chi connectivity index (χ2v) is 6.63. The molecular formula is C21H20BFN2O5. The standard InChI is InChI=1S/C21H20BFN2O5/c1-2-21(27)25(17-9-5-4-8-16(17)23)12-20(26)24-19(22(28)29)11-14-13-30-18-10-6-3-7-15(14)18/h2-10,13,19,28-29H,1,11-12H2,(H,24,26)/t19-/m0/s1. The Kier molecular flexibility index (Phi) is 6.66. The molecule has 1 heterocycles.